The van der Waals surface area contributed by atoms with Crippen LogP contribution in [-0.4, -0.2) is 15.7 Å². The summed E-state index contributed by atoms with van der Waals surface area (Å²) in [5, 5.41) is 7.31. The molecular formula is C22H20F3N3O. The van der Waals surface area contributed by atoms with Crippen molar-refractivity contribution >= 4 is 5.91 Å². The third-order valence-electron chi connectivity index (χ3n) is 5.14. The van der Waals surface area contributed by atoms with Gasteiger partial charge >= 0.3 is 0 Å². The second kappa shape index (κ2) is 8.11. The first-order valence-corrected chi connectivity index (χ1v) is 9.56. The summed E-state index contributed by atoms with van der Waals surface area (Å²) in [6.07, 6.45) is 4.65. The third kappa shape index (κ3) is 4.34. The van der Waals surface area contributed by atoms with Gasteiger partial charge in [-0.25, -0.2) is 17.9 Å². The van der Waals surface area contributed by atoms with Gasteiger partial charge < -0.3 is 5.32 Å². The minimum absolute atomic E-state index is 0.128. The van der Waals surface area contributed by atoms with E-state index >= 15 is 0 Å². The van der Waals surface area contributed by atoms with Gasteiger partial charge in [-0.05, 0) is 55.5 Å². The Bertz CT molecular complexity index is 1030. The van der Waals surface area contributed by atoms with E-state index in [0.717, 1.165) is 35.7 Å². The molecule has 0 radical (unpaired) electrons. The molecule has 1 aromatic heterocycles. The summed E-state index contributed by atoms with van der Waals surface area (Å²) in [5.41, 5.74) is 2.80. The molecule has 1 atom stereocenters. The predicted octanol–water partition coefficient (Wildman–Crippen LogP) is 4.42. The van der Waals surface area contributed by atoms with Gasteiger partial charge in [0.25, 0.3) is 0 Å². The van der Waals surface area contributed by atoms with E-state index in [1.807, 2.05) is 0 Å². The number of aromatic nitrogens is 2. The van der Waals surface area contributed by atoms with E-state index in [1.54, 1.807) is 18.3 Å². The largest absolute Gasteiger partial charge is 0.349 e. The number of nitrogens with zero attached hydrogens (tertiary/aromatic N) is 2. The Morgan fingerprint density at radius 3 is 2.66 bits per heavy atom. The summed E-state index contributed by atoms with van der Waals surface area (Å²) in [7, 11) is 0. The van der Waals surface area contributed by atoms with Crippen LogP contribution in [0.5, 0.6) is 0 Å². The maximum absolute atomic E-state index is 13.6. The highest BCUT2D eigenvalue weighted by Gasteiger charge is 2.26. The Kier molecular flexibility index (Phi) is 5.38. The number of hydrogen-bond acceptors (Lipinski definition) is 2. The topological polar surface area (TPSA) is 46.9 Å². The first-order chi connectivity index (χ1) is 14.0. The molecule has 2 aromatic carbocycles. The monoisotopic (exact) mass is 399 g/mol. The molecule has 0 unspecified atom stereocenters. The van der Waals surface area contributed by atoms with Crippen molar-refractivity contribution in [3.05, 3.63) is 82.9 Å². The van der Waals surface area contributed by atoms with Crippen LogP contribution < -0.4 is 5.32 Å². The number of carbonyl (C=O) groups is 1. The number of aryl methyl sites for hydroxylation is 1. The van der Waals surface area contributed by atoms with Gasteiger partial charge in [0.05, 0.1) is 17.9 Å². The highest BCUT2D eigenvalue weighted by atomic mass is 19.1. The predicted molar refractivity (Wildman–Crippen MR) is 102 cm³/mol. The van der Waals surface area contributed by atoms with E-state index < -0.39 is 11.6 Å². The molecule has 0 fully saturated rings. The van der Waals surface area contributed by atoms with Crippen LogP contribution in [0.3, 0.4) is 0 Å². The molecule has 7 heteroatoms. The van der Waals surface area contributed by atoms with Crippen LogP contribution in [0.4, 0.5) is 13.2 Å². The molecule has 29 heavy (non-hydrogen) atoms. The number of benzene rings is 2. The first kappa shape index (κ1) is 19.2. The van der Waals surface area contributed by atoms with Crippen molar-refractivity contribution in [2.45, 2.75) is 38.1 Å². The van der Waals surface area contributed by atoms with Gasteiger partial charge in [0.2, 0.25) is 5.91 Å². The number of nitrogens with one attached hydrogen (secondary N) is 1. The summed E-state index contributed by atoms with van der Waals surface area (Å²) < 4.78 is 42.0. The summed E-state index contributed by atoms with van der Waals surface area (Å²) >= 11 is 0. The Morgan fingerprint density at radius 1 is 1.10 bits per heavy atom. The highest BCUT2D eigenvalue weighted by molar-refractivity contribution is 5.76. The van der Waals surface area contributed by atoms with Crippen LogP contribution in [0, 0.1) is 17.5 Å². The molecule has 0 saturated heterocycles. The molecule has 4 rings (SSSR count). The molecule has 0 bridgehead atoms. The lowest BCUT2D eigenvalue weighted by atomic mass is 9.92. The summed E-state index contributed by atoms with van der Waals surface area (Å²) in [6, 6.07) is 9.29. The fourth-order valence-electron chi connectivity index (χ4n) is 3.81. The molecular weight excluding hydrogens is 379 g/mol. The molecule has 4 nitrogen and oxygen atoms in total. The molecule has 150 valence electrons. The molecule has 0 spiro atoms. The molecule has 3 aromatic rings. The van der Waals surface area contributed by atoms with Crippen LogP contribution in [0.25, 0.3) is 5.69 Å². The SMILES string of the molecule is O=C(CCc1cccc(F)c1)N[C@H]1CCCc2c1cnn2-c1cc(F)cc(F)c1. The van der Waals surface area contributed by atoms with E-state index in [2.05, 4.69) is 10.4 Å². The van der Waals surface area contributed by atoms with Crippen molar-refractivity contribution < 1.29 is 18.0 Å². The van der Waals surface area contributed by atoms with E-state index in [4.69, 9.17) is 0 Å². The van der Waals surface area contributed by atoms with Crippen LogP contribution in [0.2, 0.25) is 0 Å². The van der Waals surface area contributed by atoms with Gasteiger partial charge in [0, 0.05) is 23.7 Å². The van der Waals surface area contributed by atoms with Crippen LogP contribution in [0.1, 0.15) is 42.1 Å². The minimum atomic E-state index is -0.665. The normalized spacial score (nSPS) is 15.8. The zero-order valence-corrected chi connectivity index (χ0v) is 15.7. The fraction of sp³-hybridized carbons (Fsp3) is 0.273. The van der Waals surface area contributed by atoms with Gasteiger partial charge in [-0.1, -0.05) is 12.1 Å². The molecule has 1 aliphatic rings. The van der Waals surface area contributed by atoms with Crippen molar-refractivity contribution in [3.63, 3.8) is 0 Å². The van der Waals surface area contributed by atoms with Gasteiger partial charge in [-0.15, -0.1) is 0 Å². The standard InChI is InChI=1S/C22H20F3N3O/c23-15-4-1-3-14(9-15)7-8-22(29)27-20-5-2-6-21-19(20)13-26-28(21)18-11-16(24)10-17(25)12-18/h1,3-4,9-13,20H,2,5-8H2,(H,27,29)/t20-/m0/s1. The Balaban J connectivity index is 1.47. The van der Waals surface area contributed by atoms with E-state index in [9.17, 15) is 18.0 Å². The average molecular weight is 399 g/mol. The van der Waals surface area contributed by atoms with Gasteiger partial charge in [-0.3, -0.25) is 4.79 Å². The van der Waals surface area contributed by atoms with Gasteiger partial charge in [0.15, 0.2) is 0 Å². The van der Waals surface area contributed by atoms with Crippen molar-refractivity contribution in [3.8, 4) is 5.69 Å². The zero-order valence-electron chi connectivity index (χ0n) is 15.7. The second-order valence-corrected chi connectivity index (χ2v) is 7.23. The Morgan fingerprint density at radius 2 is 1.90 bits per heavy atom. The van der Waals surface area contributed by atoms with Crippen LogP contribution in [0.15, 0.2) is 48.7 Å². The lowest BCUT2D eigenvalue weighted by Crippen LogP contribution is -2.31. The average Bonchev–Trinajstić information content (AvgIpc) is 3.11. The maximum Gasteiger partial charge on any atom is 0.220 e. The first-order valence-electron chi connectivity index (χ1n) is 9.56. The molecule has 1 N–H and O–H groups in total. The van der Waals surface area contributed by atoms with Crippen LogP contribution >= 0.6 is 0 Å². The zero-order chi connectivity index (χ0) is 20.4. The number of hydrogen-bond donors (Lipinski definition) is 1. The quantitative estimate of drug-likeness (QED) is 0.691. The lowest BCUT2D eigenvalue weighted by molar-refractivity contribution is -0.121. The minimum Gasteiger partial charge on any atom is -0.349 e. The fourth-order valence-corrected chi connectivity index (χ4v) is 3.81. The molecule has 1 aliphatic carbocycles. The van der Waals surface area contributed by atoms with Crippen LogP contribution in [-0.2, 0) is 17.6 Å². The van der Waals surface area contributed by atoms with Gasteiger partial charge in [0.1, 0.15) is 17.5 Å². The molecule has 1 heterocycles. The van der Waals surface area contributed by atoms with Crippen molar-refractivity contribution in [1.29, 1.82) is 0 Å². The van der Waals surface area contributed by atoms with E-state index in [-0.39, 0.29) is 24.2 Å². The lowest BCUT2D eigenvalue weighted by Gasteiger charge is -2.24. The highest BCUT2D eigenvalue weighted by Crippen LogP contribution is 2.31. The van der Waals surface area contributed by atoms with E-state index in [0.29, 0.717) is 18.5 Å². The van der Waals surface area contributed by atoms with Gasteiger partial charge in [-0.2, -0.15) is 5.10 Å². The van der Waals surface area contributed by atoms with Crippen molar-refractivity contribution in [1.82, 2.24) is 15.1 Å². The Hall–Kier alpha value is -3.09. The molecule has 1 amide bonds. The number of rotatable bonds is 5. The Labute approximate surface area is 166 Å². The smallest absolute Gasteiger partial charge is 0.220 e. The van der Waals surface area contributed by atoms with Crippen molar-refractivity contribution in [2.75, 3.05) is 0 Å². The second-order valence-electron chi connectivity index (χ2n) is 7.23. The summed E-state index contributed by atoms with van der Waals surface area (Å²) in [6.45, 7) is 0. The number of fused-ring (bicyclic) bond motifs is 1. The third-order valence-corrected chi connectivity index (χ3v) is 5.14. The van der Waals surface area contributed by atoms with E-state index in [1.165, 1.54) is 28.9 Å². The number of halogens is 3. The van der Waals surface area contributed by atoms with Crippen molar-refractivity contribution in [2.24, 2.45) is 0 Å². The summed E-state index contributed by atoms with van der Waals surface area (Å²) in [4.78, 5) is 12.4. The number of carbonyl (C=O) groups excluding carboxylic acids is 1. The maximum atomic E-state index is 13.6. The molecule has 0 saturated carbocycles. The summed E-state index contributed by atoms with van der Waals surface area (Å²) in [5.74, 6) is -1.78. The molecule has 0 aliphatic heterocycles. The number of amides is 1.